The van der Waals surface area contributed by atoms with E-state index in [1.54, 1.807) is 25.3 Å². The van der Waals surface area contributed by atoms with Crippen LogP contribution in [0.25, 0.3) is 0 Å². The zero-order valence-electron chi connectivity index (χ0n) is 18.3. The second-order valence-electron chi connectivity index (χ2n) is 8.21. The van der Waals surface area contributed by atoms with Gasteiger partial charge >= 0.3 is 0 Å². The fourth-order valence-electron chi connectivity index (χ4n) is 4.06. The number of nitrogens with one attached hydrogen (secondary N) is 2. The molecule has 1 fully saturated rings. The summed E-state index contributed by atoms with van der Waals surface area (Å²) < 4.78 is 34.7. The van der Waals surface area contributed by atoms with E-state index in [0.29, 0.717) is 43.8 Å². The molecule has 0 aliphatic carbocycles. The summed E-state index contributed by atoms with van der Waals surface area (Å²) >= 11 is 0. The molecule has 2 aromatic rings. The molecule has 31 heavy (non-hydrogen) atoms. The van der Waals surface area contributed by atoms with Crippen LogP contribution < -0.4 is 14.8 Å². The molecule has 0 bridgehead atoms. The van der Waals surface area contributed by atoms with Gasteiger partial charge in [0.25, 0.3) is 16.1 Å². The molecule has 0 saturated carbocycles. The minimum Gasteiger partial charge on any atom is -0.496 e. The number of carbonyl (C=O) groups is 1. The molecule has 168 valence electrons. The molecule has 1 heterocycles. The van der Waals surface area contributed by atoms with Gasteiger partial charge in [-0.25, -0.2) is 0 Å². The van der Waals surface area contributed by atoms with E-state index in [9.17, 15) is 13.2 Å². The highest BCUT2D eigenvalue weighted by Crippen LogP contribution is 2.36. The predicted octanol–water partition coefficient (Wildman–Crippen LogP) is 2.70. The van der Waals surface area contributed by atoms with Crippen molar-refractivity contribution >= 4 is 16.1 Å². The summed E-state index contributed by atoms with van der Waals surface area (Å²) in [5.74, 6) is 0.318. The van der Waals surface area contributed by atoms with Crippen LogP contribution in [0.1, 0.15) is 42.6 Å². The molecule has 0 unspecified atom stereocenters. The second-order valence-corrected chi connectivity index (χ2v) is 9.91. The van der Waals surface area contributed by atoms with Gasteiger partial charge in [-0.1, -0.05) is 42.5 Å². The van der Waals surface area contributed by atoms with Crippen LogP contribution >= 0.6 is 0 Å². The Hall–Kier alpha value is -2.42. The number of rotatable bonds is 8. The molecule has 0 spiro atoms. The highest BCUT2D eigenvalue weighted by molar-refractivity contribution is 7.87. The molecule has 0 radical (unpaired) electrons. The van der Waals surface area contributed by atoms with E-state index in [1.165, 1.54) is 4.31 Å². The molecule has 7 nitrogen and oxygen atoms in total. The Kier molecular flexibility index (Phi) is 7.35. The van der Waals surface area contributed by atoms with Crippen molar-refractivity contribution in [1.82, 2.24) is 14.3 Å². The first-order valence-electron chi connectivity index (χ1n) is 10.5. The summed E-state index contributed by atoms with van der Waals surface area (Å²) in [4.78, 5) is 12.9. The quantitative estimate of drug-likeness (QED) is 0.654. The number of nitrogens with zero attached hydrogens (tertiary/aromatic N) is 1. The van der Waals surface area contributed by atoms with Crippen LogP contribution in [0.3, 0.4) is 0 Å². The van der Waals surface area contributed by atoms with Gasteiger partial charge < -0.3 is 10.1 Å². The smallest absolute Gasteiger partial charge is 0.279 e. The van der Waals surface area contributed by atoms with Crippen LogP contribution in [0.2, 0.25) is 0 Å². The SMILES string of the molecule is COc1ccccc1C(=O)NCC1(c2ccccc2)CCN(S(=O)(=O)NC(C)C)CC1. The third-order valence-corrected chi connectivity index (χ3v) is 7.54. The van der Waals surface area contributed by atoms with Gasteiger partial charge in [-0.05, 0) is 44.4 Å². The summed E-state index contributed by atoms with van der Waals surface area (Å²) in [7, 11) is -1.98. The van der Waals surface area contributed by atoms with E-state index in [0.717, 1.165) is 5.56 Å². The molecule has 2 aromatic carbocycles. The van der Waals surface area contributed by atoms with Gasteiger partial charge in [0.05, 0.1) is 12.7 Å². The Morgan fingerprint density at radius 2 is 1.68 bits per heavy atom. The number of hydrogen-bond donors (Lipinski definition) is 2. The molecule has 0 aromatic heterocycles. The van der Waals surface area contributed by atoms with Crippen LogP contribution in [0, 0.1) is 0 Å². The van der Waals surface area contributed by atoms with E-state index < -0.39 is 10.2 Å². The van der Waals surface area contributed by atoms with Gasteiger partial charge in [0, 0.05) is 31.1 Å². The number of para-hydroxylation sites is 1. The lowest BCUT2D eigenvalue weighted by atomic mass is 9.73. The van der Waals surface area contributed by atoms with Gasteiger partial charge in [-0.2, -0.15) is 17.4 Å². The number of benzene rings is 2. The van der Waals surface area contributed by atoms with Gasteiger partial charge in [0.1, 0.15) is 5.75 Å². The minimum absolute atomic E-state index is 0.161. The zero-order chi connectivity index (χ0) is 22.5. The van der Waals surface area contributed by atoms with E-state index >= 15 is 0 Å². The number of ether oxygens (including phenoxy) is 1. The van der Waals surface area contributed by atoms with Gasteiger partial charge in [0.15, 0.2) is 0 Å². The summed E-state index contributed by atoms with van der Waals surface area (Å²) in [5, 5.41) is 3.07. The molecule has 8 heteroatoms. The molecular weight excluding hydrogens is 414 g/mol. The van der Waals surface area contributed by atoms with Gasteiger partial charge in [0.2, 0.25) is 0 Å². The standard InChI is InChI=1S/C23H31N3O4S/c1-18(2)25-31(28,29)26-15-13-23(14-16-26,19-9-5-4-6-10-19)17-24-22(27)20-11-7-8-12-21(20)30-3/h4-12,18,25H,13-17H2,1-3H3,(H,24,27). The molecule has 1 aliphatic heterocycles. The lowest BCUT2D eigenvalue weighted by Crippen LogP contribution is -2.53. The van der Waals surface area contributed by atoms with Crippen molar-refractivity contribution in [2.45, 2.75) is 38.1 Å². The second kappa shape index (κ2) is 9.80. The largest absolute Gasteiger partial charge is 0.496 e. The first-order chi connectivity index (χ1) is 14.8. The summed E-state index contributed by atoms with van der Waals surface area (Å²) in [6.07, 6.45) is 1.23. The van der Waals surface area contributed by atoms with Gasteiger partial charge in [-0.3, -0.25) is 4.79 Å². The maximum Gasteiger partial charge on any atom is 0.279 e. The number of carbonyl (C=O) groups excluding carboxylic acids is 1. The van der Waals surface area contributed by atoms with Crippen molar-refractivity contribution in [3.05, 3.63) is 65.7 Å². The Morgan fingerprint density at radius 1 is 1.06 bits per heavy atom. The zero-order valence-corrected chi connectivity index (χ0v) is 19.1. The Labute approximate surface area is 185 Å². The van der Waals surface area contributed by atoms with Crippen LogP contribution in [-0.4, -0.2) is 51.4 Å². The van der Waals surface area contributed by atoms with Crippen molar-refractivity contribution in [1.29, 1.82) is 0 Å². The number of methoxy groups -OCH3 is 1. The van der Waals surface area contributed by atoms with Crippen molar-refractivity contribution in [2.75, 3.05) is 26.7 Å². The summed E-state index contributed by atoms with van der Waals surface area (Å²) in [6.45, 7) is 4.81. The molecule has 1 aliphatic rings. The fourth-order valence-corrected chi connectivity index (χ4v) is 5.47. The lowest BCUT2D eigenvalue weighted by molar-refractivity contribution is 0.0929. The Balaban J connectivity index is 1.78. The third-order valence-electron chi connectivity index (χ3n) is 5.73. The molecule has 2 N–H and O–H groups in total. The van der Waals surface area contributed by atoms with Gasteiger partial charge in [-0.15, -0.1) is 0 Å². The highest BCUT2D eigenvalue weighted by atomic mass is 32.2. The fraction of sp³-hybridized carbons (Fsp3) is 0.435. The molecule has 0 atom stereocenters. The minimum atomic E-state index is -3.52. The van der Waals surface area contributed by atoms with E-state index in [-0.39, 0.29) is 17.4 Å². The number of piperidine rings is 1. The number of amides is 1. The topological polar surface area (TPSA) is 87.7 Å². The average Bonchev–Trinajstić information content (AvgIpc) is 2.77. The Morgan fingerprint density at radius 3 is 2.29 bits per heavy atom. The highest BCUT2D eigenvalue weighted by Gasteiger charge is 2.39. The lowest BCUT2D eigenvalue weighted by Gasteiger charge is -2.42. The average molecular weight is 446 g/mol. The first kappa shape index (κ1) is 23.2. The molecule has 1 amide bonds. The van der Waals surface area contributed by atoms with E-state index in [2.05, 4.69) is 10.0 Å². The maximum atomic E-state index is 12.9. The van der Waals surface area contributed by atoms with Crippen LogP contribution in [0.5, 0.6) is 5.75 Å². The van der Waals surface area contributed by atoms with Crippen molar-refractivity contribution in [2.24, 2.45) is 0 Å². The number of hydrogen-bond acceptors (Lipinski definition) is 4. The van der Waals surface area contributed by atoms with E-state index in [4.69, 9.17) is 4.74 Å². The maximum absolute atomic E-state index is 12.9. The predicted molar refractivity (Wildman–Crippen MR) is 121 cm³/mol. The normalized spacial score (nSPS) is 16.8. The molecule has 3 rings (SSSR count). The summed E-state index contributed by atoms with van der Waals surface area (Å²) in [6, 6.07) is 17.0. The van der Waals surface area contributed by atoms with Crippen molar-refractivity contribution < 1.29 is 17.9 Å². The first-order valence-corrected chi connectivity index (χ1v) is 12.0. The van der Waals surface area contributed by atoms with Crippen molar-refractivity contribution in [3.8, 4) is 5.75 Å². The Bertz CT molecular complexity index is 985. The van der Waals surface area contributed by atoms with Crippen LogP contribution in [-0.2, 0) is 15.6 Å². The van der Waals surface area contributed by atoms with E-state index in [1.807, 2.05) is 50.2 Å². The molecular formula is C23H31N3O4S. The monoisotopic (exact) mass is 445 g/mol. The summed E-state index contributed by atoms with van der Waals surface area (Å²) in [5.41, 5.74) is 1.24. The third kappa shape index (κ3) is 5.44. The van der Waals surface area contributed by atoms with Crippen LogP contribution in [0.4, 0.5) is 0 Å². The van der Waals surface area contributed by atoms with Crippen molar-refractivity contribution in [3.63, 3.8) is 0 Å². The molecule has 1 saturated heterocycles. The van der Waals surface area contributed by atoms with Crippen LogP contribution in [0.15, 0.2) is 54.6 Å².